The Morgan fingerprint density at radius 2 is 1.82 bits per heavy atom. The van der Waals surface area contributed by atoms with Gasteiger partial charge in [-0.25, -0.2) is 0 Å². The number of ketones is 1. The van der Waals surface area contributed by atoms with Crippen molar-refractivity contribution in [1.82, 2.24) is 4.98 Å². The normalized spacial score (nSPS) is 19.5. The van der Waals surface area contributed by atoms with Gasteiger partial charge in [0.05, 0.1) is 15.6 Å². The zero-order valence-corrected chi connectivity index (χ0v) is 16.8. The van der Waals surface area contributed by atoms with Gasteiger partial charge in [0.2, 0.25) is 5.75 Å². The summed E-state index contributed by atoms with van der Waals surface area (Å²) in [5.74, 6) is -1.23. The van der Waals surface area contributed by atoms with Crippen LogP contribution in [-0.4, -0.2) is 32.3 Å². The van der Waals surface area contributed by atoms with E-state index in [0.717, 1.165) is 0 Å². The number of aromatic nitrogens is 1. The summed E-state index contributed by atoms with van der Waals surface area (Å²) in [7, 11) is 0. The van der Waals surface area contributed by atoms with E-state index in [2.05, 4.69) is 4.98 Å². The zero-order valence-electron chi connectivity index (χ0n) is 15.3. The number of Topliss-reactive ketones (excluding diaryl/α,β-unsaturated/α-hetero) is 1. The third kappa shape index (κ3) is 4.23. The first-order valence-electron chi connectivity index (χ1n) is 8.81. The van der Waals surface area contributed by atoms with Gasteiger partial charge in [-0.2, -0.15) is 0 Å². The van der Waals surface area contributed by atoms with Gasteiger partial charge < -0.3 is 20.4 Å². The molecule has 148 valence electrons. The van der Waals surface area contributed by atoms with Gasteiger partial charge in [0.1, 0.15) is 5.60 Å². The molecule has 0 bridgehead atoms. The lowest BCUT2D eigenvalue weighted by Gasteiger charge is -2.35. The molecule has 0 saturated heterocycles. The Morgan fingerprint density at radius 1 is 1.21 bits per heavy atom. The Kier molecular flexibility index (Phi) is 5.82. The van der Waals surface area contributed by atoms with Gasteiger partial charge in [0.15, 0.2) is 17.3 Å². The summed E-state index contributed by atoms with van der Waals surface area (Å²) in [4.78, 5) is 16.6. The smallest absolute Gasteiger partial charge is 0.204 e. The highest BCUT2D eigenvalue weighted by atomic mass is 35.5. The molecule has 0 aliphatic heterocycles. The van der Waals surface area contributed by atoms with Crippen LogP contribution < -0.4 is 4.74 Å². The van der Waals surface area contributed by atoms with E-state index < -0.39 is 17.1 Å². The molecule has 1 aliphatic rings. The monoisotopic (exact) mass is 422 g/mol. The van der Waals surface area contributed by atoms with E-state index in [4.69, 9.17) is 33.3 Å². The molecular weight excluding hydrogens is 403 g/mol. The number of ether oxygens (including phenoxy) is 1. The van der Waals surface area contributed by atoms with Crippen molar-refractivity contribution in [3.8, 4) is 17.2 Å². The Labute approximate surface area is 172 Å². The number of hydrogen-bond donors (Lipinski definition) is 3. The Hall–Kier alpha value is -2.31. The molecule has 1 aromatic heterocycles. The van der Waals surface area contributed by atoms with Crippen LogP contribution in [0.4, 0.5) is 0 Å². The van der Waals surface area contributed by atoms with Crippen molar-refractivity contribution in [1.29, 1.82) is 5.41 Å². The number of nitrogens with one attached hydrogen (secondary N) is 1. The number of hydrogen-bond acceptors (Lipinski definition) is 6. The van der Waals surface area contributed by atoms with E-state index >= 15 is 0 Å². The molecule has 0 amide bonds. The van der Waals surface area contributed by atoms with E-state index in [1.165, 1.54) is 24.5 Å². The van der Waals surface area contributed by atoms with E-state index in [1.54, 1.807) is 0 Å². The first-order valence-corrected chi connectivity index (χ1v) is 9.57. The van der Waals surface area contributed by atoms with Crippen LogP contribution in [-0.2, 0) is 6.42 Å². The molecule has 1 aliphatic carbocycles. The number of phenolic OH excluding ortho intramolecular Hbond substituents is 2. The number of carbonyl (C=O) groups excluding carboxylic acids is 1. The topological polar surface area (TPSA) is 104 Å². The molecule has 0 unspecified atom stereocenters. The average molecular weight is 423 g/mol. The molecular formula is C20H20Cl2N2O4. The van der Waals surface area contributed by atoms with Crippen LogP contribution in [0.1, 0.15) is 48.5 Å². The molecule has 6 nitrogen and oxygen atoms in total. The number of rotatable bonds is 5. The number of halogens is 2. The minimum Gasteiger partial charge on any atom is -0.504 e. The molecule has 3 rings (SSSR count). The summed E-state index contributed by atoms with van der Waals surface area (Å²) >= 11 is 12.1. The summed E-state index contributed by atoms with van der Waals surface area (Å²) < 4.78 is 5.93. The van der Waals surface area contributed by atoms with Crippen molar-refractivity contribution in [2.75, 3.05) is 0 Å². The van der Waals surface area contributed by atoms with Crippen LogP contribution in [0.25, 0.3) is 0 Å². The second-order valence-electron chi connectivity index (χ2n) is 7.15. The predicted molar refractivity (Wildman–Crippen MR) is 107 cm³/mol. The minimum absolute atomic E-state index is 0.00361. The number of nitrogens with zero attached hydrogens (tertiary/aromatic N) is 1. The maximum Gasteiger partial charge on any atom is 0.204 e. The zero-order chi connectivity index (χ0) is 20.5. The van der Waals surface area contributed by atoms with Crippen LogP contribution in [0.15, 0.2) is 24.5 Å². The van der Waals surface area contributed by atoms with E-state index in [-0.39, 0.29) is 33.5 Å². The van der Waals surface area contributed by atoms with Crippen molar-refractivity contribution in [3.63, 3.8) is 0 Å². The fourth-order valence-corrected chi connectivity index (χ4v) is 3.68. The molecule has 1 aromatic carbocycles. The van der Waals surface area contributed by atoms with Crippen molar-refractivity contribution >= 4 is 34.7 Å². The van der Waals surface area contributed by atoms with Gasteiger partial charge >= 0.3 is 0 Å². The number of aromatic hydroxyl groups is 2. The van der Waals surface area contributed by atoms with Gasteiger partial charge in [0.25, 0.3) is 0 Å². The van der Waals surface area contributed by atoms with Crippen LogP contribution in [0.5, 0.6) is 17.2 Å². The highest BCUT2D eigenvalue weighted by Crippen LogP contribution is 2.43. The Morgan fingerprint density at radius 3 is 2.43 bits per heavy atom. The van der Waals surface area contributed by atoms with Crippen molar-refractivity contribution in [3.05, 3.63) is 45.7 Å². The fraction of sp³-hybridized carbons (Fsp3) is 0.350. The molecule has 1 heterocycles. The van der Waals surface area contributed by atoms with E-state index in [1.807, 2.05) is 6.92 Å². The molecule has 0 atom stereocenters. The third-order valence-electron chi connectivity index (χ3n) is 4.96. The molecule has 1 fully saturated rings. The second-order valence-corrected chi connectivity index (χ2v) is 7.96. The first-order chi connectivity index (χ1) is 13.2. The number of pyridine rings is 1. The van der Waals surface area contributed by atoms with Crippen molar-refractivity contribution < 1.29 is 19.7 Å². The van der Waals surface area contributed by atoms with Crippen LogP contribution >= 0.6 is 23.2 Å². The molecule has 1 saturated carbocycles. The SMILES string of the molecule is CC1(Oc2c(O)ccc(C(=O)Cc3c(Cl)cncc3Cl)c2O)CCC(=N)CC1. The average Bonchev–Trinajstić information content (AvgIpc) is 2.64. The van der Waals surface area contributed by atoms with Gasteiger partial charge in [-0.1, -0.05) is 23.2 Å². The van der Waals surface area contributed by atoms with Gasteiger partial charge in [0, 0.05) is 30.1 Å². The van der Waals surface area contributed by atoms with Crippen molar-refractivity contribution in [2.45, 2.75) is 44.6 Å². The van der Waals surface area contributed by atoms with Crippen LogP contribution in [0, 0.1) is 5.41 Å². The molecule has 2 aromatic rings. The maximum absolute atomic E-state index is 12.8. The van der Waals surface area contributed by atoms with Gasteiger partial charge in [-0.05, 0) is 44.7 Å². The summed E-state index contributed by atoms with van der Waals surface area (Å²) in [5, 5.41) is 29.1. The highest BCUT2D eigenvalue weighted by Gasteiger charge is 2.33. The standard InChI is InChI=1S/C20H20Cl2N2O4/c1-20(6-4-11(23)5-7-20)28-19-16(25)3-2-12(18(19)27)17(26)8-13-14(21)9-24-10-15(13)22/h2-3,9-10,23,25,27H,4-8H2,1H3. The molecule has 0 radical (unpaired) electrons. The molecule has 0 spiro atoms. The highest BCUT2D eigenvalue weighted by molar-refractivity contribution is 6.36. The number of benzene rings is 1. The summed E-state index contributed by atoms with van der Waals surface area (Å²) in [5.41, 5.74) is 0.434. The molecule has 28 heavy (non-hydrogen) atoms. The van der Waals surface area contributed by atoms with E-state index in [0.29, 0.717) is 37.0 Å². The Bertz CT molecular complexity index is 916. The largest absolute Gasteiger partial charge is 0.504 e. The third-order valence-corrected chi connectivity index (χ3v) is 5.61. The number of carbonyl (C=O) groups is 1. The lowest BCUT2D eigenvalue weighted by atomic mass is 9.85. The second kappa shape index (κ2) is 7.97. The number of phenols is 2. The molecule has 8 heteroatoms. The van der Waals surface area contributed by atoms with Crippen LogP contribution in [0.2, 0.25) is 10.0 Å². The lowest BCUT2D eigenvalue weighted by Crippen LogP contribution is -2.37. The van der Waals surface area contributed by atoms with Gasteiger partial charge in [-0.15, -0.1) is 0 Å². The summed E-state index contributed by atoms with van der Waals surface area (Å²) in [6, 6.07) is 2.65. The summed E-state index contributed by atoms with van der Waals surface area (Å²) in [6.07, 6.45) is 5.01. The minimum atomic E-state index is -0.640. The fourth-order valence-electron chi connectivity index (χ4n) is 3.18. The van der Waals surface area contributed by atoms with Gasteiger partial charge in [-0.3, -0.25) is 9.78 Å². The Balaban J connectivity index is 1.88. The first kappa shape index (κ1) is 20.4. The maximum atomic E-state index is 12.8. The quantitative estimate of drug-likeness (QED) is 0.590. The predicted octanol–water partition coefficient (Wildman–Crippen LogP) is 4.96. The lowest BCUT2D eigenvalue weighted by molar-refractivity contribution is 0.0605. The van der Waals surface area contributed by atoms with Crippen molar-refractivity contribution in [2.24, 2.45) is 0 Å². The van der Waals surface area contributed by atoms with E-state index in [9.17, 15) is 15.0 Å². The van der Waals surface area contributed by atoms with Crippen LogP contribution in [0.3, 0.4) is 0 Å². The molecule has 3 N–H and O–H groups in total. The summed E-state index contributed by atoms with van der Waals surface area (Å²) in [6.45, 7) is 1.86.